The van der Waals surface area contributed by atoms with E-state index in [0.29, 0.717) is 12.2 Å². The Bertz CT molecular complexity index is 617. The van der Waals surface area contributed by atoms with E-state index in [1.165, 1.54) is 11.4 Å². The number of rotatable bonds is 5. The van der Waals surface area contributed by atoms with Gasteiger partial charge in [0.2, 0.25) is 10.0 Å². The Balaban J connectivity index is 2.24. The predicted octanol–water partition coefficient (Wildman–Crippen LogP) is 1.94. The molecular weight excluding hydrogens is 314 g/mol. The number of carboxylic acid groups (broad SMARTS) is 1. The minimum atomic E-state index is -3.82. The molecule has 1 atom stereocenters. The second-order valence-corrected chi connectivity index (χ2v) is 8.02. The fourth-order valence-corrected chi connectivity index (χ4v) is 5.17. The second kappa shape index (κ2) is 6.43. The first kappa shape index (κ1) is 16.4. The number of hydrogen-bond acceptors (Lipinski definition) is 5. The van der Waals surface area contributed by atoms with E-state index in [2.05, 4.69) is 0 Å². The van der Waals surface area contributed by atoms with E-state index in [9.17, 15) is 13.2 Å². The average molecular weight is 333 g/mol. The van der Waals surface area contributed by atoms with Crippen molar-refractivity contribution in [1.82, 2.24) is 4.31 Å². The van der Waals surface area contributed by atoms with E-state index < -0.39 is 16.0 Å². The summed E-state index contributed by atoms with van der Waals surface area (Å²) in [5, 5.41) is 10.7. The molecule has 1 aromatic rings. The molecular formula is C13H19NO5S2. The molecule has 0 spiro atoms. The zero-order valence-electron chi connectivity index (χ0n) is 12.0. The molecule has 118 valence electrons. The van der Waals surface area contributed by atoms with Crippen molar-refractivity contribution in [3.8, 4) is 0 Å². The van der Waals surface area contributed by atoms with Crippen LogP contribution in [0.3, 0.4) is 0 Å². The lowest BCUT2D eigenvalue weighted by molar-refractivity contribution is 0.00858. The summed E-state index contributed by atoms with van der Waals surface area (Å²) in [6.45, 7) is 2.51. The second-order valence-electron chi connectivity index (χ2n) is 5.16. The highest BCUT2D eigenvalue weighted by Gasteiger charge is 2.32. The van der Waals surface area contributed by atoms with E-state index in [1.54, 1.807) is 12.3 Å². The summed E-state index contributed by atoms with van der Waals surface area (Å²) in [5.74, 6) is -1.21. The first-order chi connectivity index (χ1) is 9.84. The molecule has 2 heterocycles. The summed E-state index contributed by atoms with van der Waals surface area (Å²) < 4.78 is 32.0. The number of likely N-dealkylation sites (N-methyl/N-ethyl adjacent to an activating group) is 1. The van der Waals surface area contributed by atoms with Gasteiger partial charge in [-0.2, -0.15) is 4.31 Å². The van der Waals surface area contributed by atoms with Gasteiger partial charge in [0.1, 0.15) is 9.77 Å². The summed E-state index contributed by atoms with van der Waals surface area (Å²) >= 11 is 0.938. The Kier molecular flexibility index (Phi) is 5.03. The topological polar surface area (TPSA) is 83.9 Å². The molecule has 0 aliphatic carbocycles. The lowest BCUT2D eigenvalue weighted by atomic mass is 10.1. The summed E-state index contributed by atoms with van der Waals surface area (Å²) in [4.78, 5) is 11.0. The highest BCUT2D eigenvalue weighted by Crippen LogP contribution is 2.29. The van der Waals surface area contributed by atoms with Crippen LogP contribution in [0.1, 0.15) is 34.5 Å². The number of carbonyl (C=O) groups is 1. The van der Waals surface area contributed by atoms with Crippen molar-refractivity contribution < 1.29 is 23.1 Å². The van der Waals surface area contributed by atoms with Gasteiger partial charge < -0.3 is 9.84 Å². The average Bonchev–Trinajstić information content (AvgIpc) is 2.82. The maximum Gasteiger partial charge on any atom is 0.347 e. The van der Waals surface area contributed by atoms with E-state index in [4.69, 9.17) is 9.84 Å². The predicted molar refractivity (Wildman–Crippen MR) is 79.4 cm³/mol. The molecule has 2 rings (SSSR count). The molecule has 0 radical (unpaired) electrons. The lowest BCUT2D eigenvalue weighted by Crippen LogP contribution is -2.37. The van der Waals surface area contributed by atoms with Gasteiger partial charge in [0, 0.05) is 20.2 Å². The van der Waals surface area contributed by atoms with E-state index in [-0.39, 0.29) is 22.4 Å². The van der Waals surface area contributed by atoms with E-state index >= 15 is 0 Å². The molecule has 1 aromatic heterocycles. The highest BCUT2D eigenvalue weighted by molar-refractivity contribution is 7.89. The van der Waals surface area contributed by atoms with Gasteiger partial charge in [0.05, 0.1) is 6.10 Å². The molecule has 21 heavy (non-hydrogen) atoms. The number of thiophene rings is 1. The van der Waals surface area contributed by atoms with Crippen LogP contribution in [0.15, 0.2) is 10.3 Å². The van der Waals surface area contributed by atoms with Crippen LogP contribution in [0, 0.1) is 6.92 Å². The van der Waals surface area contributed by atoms with Crippen molar-refractivity contribution in [3.63, 3.8) is 0 Å². The molecule has 6 nitrogen and oxygen atoms in total. The molecule has 1 aliphatic heterocycles. The summed E-state index contributed by atoms with van der Waals surface area (Å²) in [7, 11) is -2.35. The van der Waals surface area contributed by atoms with Crippen LogP contribution < -0.4 is 0 Å². The number of aryl methyl sites for hydroxylation is 1. The molecule has 8 heteroatoms. The van der Waals surface area contributed by atoms with Gasteiger partial charge in [-0.15, -0.1) is 11.3 Å². The first-order valence-corrected chi connectivity index (χ1v) is 9.05. The van der Waals surface area contributed by atoms with Gasteiger partial charge in [0.15, 0.2) is 0 Å². The monoisotopic (exact) mass is 333 g/mol. The number of nitrogens with zero attached hydrogens (tertiary/aromatic N) is 1. The van der Waals surface area contributed by atoms with Crippen molar-refractivity contribution in [3.05, 3.63) is 15.8 Å². The largest absolute Gasteiger partial charge is 0.477 e. The summed E-state index contributed by atoms with van der Waals surface area (Å²) in [5.41, 5.74) is 0.466. The molecule has 1 N–H and O–H groups in total. The van der Waals surface area contributed by atoms with Crippen LogP contribution in [0.2, 0.25) is 0 Å². The minimum absolute atomic E-state index is 0.0988. The summed E-state index contributed by atoms with van der Waals surface area (Å²) in [6, 6.07) is 0. The van der Waals surface area contributed by atoms with E-state index in [0.717, 1.165) is 30.6 Å². The molecule has 0 bridgehead atoms. The van der Waals surface area contributed by atoms with Crippen LogP contribution >= 0.6 is 11.3 Å². The van der Waals surface area contributed by atoms with Crippen LogP contribution in [0.4, 0.5) is 0 Å². The van der Waals surface area contributed by atoms with Crippen molar-refractivity contribution in [2.24, 2.45) is 0 Å². The fourth-order valence-electron chi connectivity index (χ4n) is 2.39. The maximum atomic E-state index is 12.6. The highest BCUT2D eigenvalue weighted by atomic mass is 32.2. The van der Waals surface area contributed by atoms with Crippen molar-refractivity contribution in [2.75, 3.05) is 20.2 Å². The molecule has 1 aliphatic rings. The van der Waals surface area contributed by atoms with Crippen LogP contribution in [0.5, 0.6) is 0 Å². The normalized spacial score (nSPS) is 19.9. The minimum Gasteiger partial charge on any atom is -0.477 e. The quantitative estimate of drug-likeness (QED) is 0.890. The Morgan fingerprint density at radius 2 is 2.24 bits per heavy atom. The zero-order chi connectivity index (χ0) is 15.6. The Morgan fingerprint density at radius 3 is 2.81 bits per heavy atom. The van der Waals surface area contributed by atoms with Crippen molar-refractivity contribution >= 4 is 27.3 Å². The number of sulfonamides is 1. The fraction of sp³-hybridized carbons (Fsp3) is 0.615. The van der Waals surface area contributed by atoms with Crippen molar-refractivity contribution in [1.29, 1.82) is 0 Å². The third kappa shape index (κ3) is 3.45. The van der Waals surface area contributed by atoms with Crippen molar-refractivity contribution in [2.45, 2.75) is 37.2 Å². The van der Waals surface area contributed by atoms with Crippen LogP contribution in [-0.4, -0.2) is 50.1 Å². The third-order valence-electron chi connectivity index (χ3n) is 3.52. The molecule has 0 amide bonds. The maximum absolute atomic E-state index is 12.6. The van der Waals surface area contributed by atoms with Gasteiger partial charge in [-0.1, -0.05) is 0 Å². The molecule has 0 saturated carbocycles. The molecule has 0 aromatic carbocycles. The zero-order valence-corrected chi connectivity index (χ0v) is 13.7. The number of ether oxygens (including phenoxy) is 1. The number of aromatic carboxylic acids is 1. The lowest BCUT2D eigenvalue weighted by Gasteiger charge is -2.27. The standard InChI is InChI=1S/C13H19NO5S2/c1-9-8-20-11(13(15)16)12(9)21(17,18)14(2)7-10-5-3-4-6-19-10/h8,10H,3-7H2,1-2H3,(H,15,16). The van der Waals surface area contributed by atoms with Gasteiger partial charge in [-0.05, 0) is 37.1 Å². The SMILES string of the molecule is Cc1csc(C(=O)O)c1S(=O)(=O)N(C)CC1CCCCO1. The number of carboxylic acids is 1. The van der Waals surface area contributed by atoms with Crippen LogP contribution in [-0.2, 0) is 14.8 Å². The molecule has 1 unspecified atom stereocenters. The Morgan fingerprint density at radius 1 is 1.52 bits per heavy atom. The van der Waals surface area contributed by atoms with Gasteiger partial charge in [-0.3, -0.25) is 0 Å². The van der Waals surface area contributed by atoms with E-state index in [1.807, 2.05) is 0 Å². The number of hydrogen-bond donors (Lipinski definition) is 1. The van der Waals surface area contributed by atoms with Gasteiger partial charge in [-0.25, -0.2) is 13.2 Å². The molecule has 1 fully saturated rings. The smallest absolute Gasteiger partial charge is 0.347 e. The Hall–Kier alpha value is -0.960. The first-order valence-electron chi connectivity index (χ1n) is 6.73. The van der Waals surface area contributed by atoms with Gasteiger partial charge in [0.25, 0.3) is 0 Å². The third-order valence-corrected chi connectivity index (χ3v) is 6.74. The van der Waals surface area contributed by atoms with Gasteiger partial charge >= 0.3 is 5.97 Å². The van der Waals surface area contributed by atoms with Crippen LogP contribution in [0.25, 0.3) is 0 Å². The Labute approximate surface area is 128 Å². The summed E-state index contributed by atoms with van der Waals surface area (Å²) in [6.07, 6.45) is 2.73. The molecule has 1 saturated heterocycles.